The number of ether oxygens (including phenoxy) is 1. The molecule has 3 aromatic rings. The molecule has 0 aliphatic rings. The minimum atomic E-state index is -0.591. The maximum Gasteiger partial charge on any atom is 0.355 e. The molecule has 0 atom stereocenters. The smallest absolute Gasteiger partial charge is 0.355 e. The summed E-state index contributed by atoms with van der Waals surface area (Å²) in [7, 11) is 1.69. The highest BCUT2D eigenvalue weighted by molar-refractivity contribution is 5.80. The van der Waals surface area contributed by atoms with E-state index >= 15 is 0 Å². The van der Waals surface area contributed by atoms with E-state index in [1.54, 1.807) is 36.2 Å². The zero-order chi connectivity index (χ0) is 21.3. The number of rotatable bonds is 9. The Labute approximate surface area is 172 Å². The summed E-state index contributed by atoms with van der Waals surface area (Å²) in [4.78, 5) is 32.7. The largest absolute Gasteiger partial charge is 0.484 e. The monoisotopic (exact) mass is 408 g/mol. The van der Waals surface area contributed by atoms with Crippen molar-refractivity contribution in [2.45, 2.75) is 6.54 Å². The van der Waals surface area contributed by atoms with Crippen LogP contribution >= 0.6 is 0 Å². The maximum absolute atomic E-state index is 12.0. The summed E-state index contributed by atoms with van der Waals surface area (Å²) < 4.78 is 5.34. The van der Waals surface area contributed by atoms with Crippen LogP contribution in [0.4, 0.5) is 17.3 Å². The van der Waals surface area contributed by atoms with Crippen molar-refractivity contribution in [3.63, 3.8) is 0 Å². The van der Waals surface area contributed by atoms with Crippen molar-refractivity contribution < 1.29 is 14.5 Å². The van der Waals surface area contributed by atoms with E-state index in [2.05, 4.69) is 20.8 Å². The number of para-hydroxylation sites is 1. The molecule has 0 fully saturated rings. The van der Waals surface area contributed by atoms with Crippen LogP contribution in [-0.4, -0.2) is 34.5 Å². The molecule has 0 aliphatic carbocycles. The number of hydrogen-bond donors (Lipinski definition) is 2. The van der Waals surface area contributed by atoms with Gasteiger partial charge in [-0.2, -0.15) is 0 Å². The highest BCUT2D eigenvalue weighted by Crippen LogP contribution is 2.31. The Bertz CT molecular complexity index is 1000. The van der Waals surface area contributed by atoms with Gasteiger partial charge in [0, 0.05) is 13.6 Å². The molecule has 30 heavy (non-hydrogen) atoms. The van der Waals surface area contributed by atoms with E-state index in [-0.39, 0.29) is 23.9 Å². The van der Waals surface area contributed by atoms with Crippen LogP contribution in [0.2, 0.25) is 0 Å². The zero-order valence-corrected chi connectivity index (χ0v) is 16.2. The van der Waals surface area contributed by atoms with Crippen molar-refractivity contribution in [3.05, 3.63) is 82.7 Å². The number of amides is 1. The molecule has 2 N–H and O–H groups in total. The minimum Gasteiger partial charge on any atom is -0.484 e. The van der Waals surface area contributed by atoms with Gasteiger partial charge in [0.25, 0.3) is 5.91 Å². The average Bonchev–Trinajstić information content (AvgIpc) is 2.77. The van der Waals surface area contributed by atoms with Crippen LogP contribution < -0.4 is 20.5 Å². The fraction of sp³-hybridized carbons (Fsp3) is 0.150. The summed E-state index contributed by atoms with van der Waals surface area (Å²) in [5.41, 5.74) is 5.46. The lowest BCUT2D eigenvalue weighted by Gasteiger charge is -2.19. The Morgan fingerprint density at radius 2 is 1.77 bits per heavy atom. The van der Waals surface area contributed by atoms with Crippen molar-refractivity contribution in [2.75, 3.05) is 24.0 Å². The van der Waals surface area contributed by atoms with Gasteiger partial charge in [0.05, 0.1) is 4.92 Å². The first-order chi connectivity index (χ1) is 14.5. The molecular formula is C20H20N6O4. The number of nitro groups is 1. The topological polar surface area (TPSA) is 123 Å². The number of anilines is 2. The van der Waals surface area contributed by atoms with E-state index < -0.39 is 10.8 Å². The Morgan fingerprint density at radius 1 is 1.10 bits per heavy atom. The summed E-state index contributed by atoms with van der Waals surface area (Å²) in [6.07, 6.45) is 1.19. The second-order valence-electron chi connectivity index (χ2n) is 6.27. The number of carbonyl (C=O) groups excluding carboxylic acids is 1. The molecule has 1 heterocycles. The Kier molecular flexibility index (Phi) is 6.72. The third kappa shape index (κ3) is 5.41. The highest BCUT2D eigenvalue weighted by atomic mass is 16.6. The predicted octanol–water partition coefficient (Wildman–Crippen LogP) is 2.54. The van der Waals surface area contributed by atoms with Gasteiger partial charge in [-0.1, -0.05) is 48.5 Å². The molecule has 1 amide bonds. The third-order valence-corrected chi connectivity index (χ3v) is 4.04. The van der Waals surface area contributed by atoms with E-state index in [1.807, 2.05) is 36.4 Å². The van der Waals surface area contributed by atoms with Gasteiger partial charge < -0.3 is 9.64 Å². The van der Waals surface area contributed by atoms with Gasteiger partial charge in [-0.05, 0) is 17.7 Å². The molecule has 0 spiro atoms. The van der Waals surface area contributed by atoms with Crippen LogP contribution in [0.25, 0.3) is 0 Å². The summed E-state index contributed by atoms with van der Waals surface area (Å²) >= 11 is 0. The van der Waals surface area contributed by atoms with E-state index in [4.69, 9.17) is 4.74 Å². The summed E-state index contributed by atoms with van der Waals surface area (Å²) in [5.74, 6) is 0.00514. The van der Waals surface area contributed by atoms with Crippen LogP contribution in [0.15, 0.2) is 67.0 Å². The van der Waals surface area contributed by atoms with Crippen molar-refractivity contribution in [3.8, 4) is 5.75 Å². The Hall–Kier alpha value is -4.21. The number of hydrazine groups is 1. The van der Waals surface area contributed by atoms with Crippen LogP contribution in [0.1, 0.15) is 5.56 Å². The number of nitrogens with one attached hydrogen (secondary N) is 2. The van der Waals surface area contributed by atoms with Crippen LogP contribution in [-0.2, 0) is 11.3 Å². The number of hydrogen-bond acceptors (Lipinski definition) is 8. The second kappa shape index (κ2) is 9.82. The number of nitrogens with zero attached hydrogens (tertiary/aromatic N) is 4. The molecular weight excluding hydrogens is 388 g/mol. The molecule has 0 radical (unpaired) electrons. The van der Waals surface area contributed by atoms with E-state index in [0.717, 1.165) is 5.56 Å². The van der Waals surface area contributed by atoms with Gasteiger partial charge in [-0.3, -0.25) is 25.8 Å². The highest BCUT2D eigenvalue weighted by Gasteiger charge is 2.26. The van der Waals surface area contributed by atoms with Gasteiger partial charge in [0.1, 0.15) is 12.1 Å². The molecule has 10 heteroatoms. The Balaban J connectivity index is 1.68. The van der Waals surface area contributed by atoms with Crippen LogP contribution in [0, 0.1) is 10.1 Å². The first kappa shape index (κ1) is 20.5. The van der Waals surface area contributed by atoms with E-state index in [1.165, 1.54) is 6.33 Å². The predicted molar refractivity (Wildman–Crippen MR) is 111 cm³/mol. The molecule has 3 rings (SSSR count). The van der Waals surface area contributed by atoms with Crippen LogP contribution in [0.5, 0.6) is 5.75 Å². The first-order valence-corrected chi connectivity index (χ1v) is 9.01. The molecule has 2 aromatic carbocycles. The molecule has 0 aliphatic heterocycles. The third-order valence-electron chi connectivity index (χ3n) is 4.04. The SMILES string of the molecule is CN(Cc1ccccc1)c1ncnc(NNC(=O)COc2ccccc2)c1[N+](=O)[O-]. The average molecular weight is 408 g/mol. The fourth-order valence-electron chi connectivity index (χ4n) is 2.67. The lowest BCUT2D eigenvalue weighted by atomic mass is 10.2. The van der Waals surface area contributed by atoms with Gasteiger partial charge in [-0.25, -0.2) is 9.97 Å². The van der Waals surface area contributed by atoms with Crippen molar-refractivity contribution >= 4 is 23.2 Å². The Morgan fingerprint density at radius 3 is 2.43 bits per heavy atom. The molecule has 0 saturated carbocycles. The number of aromatic nitrogens is 2. The summed E-state index contributed by atoms with van der Waals surface area (Å²) in [6.45, 7) is 0.145. The molecule has 0 saturated heterocycles. The lowest BCUT2D eigenvalue weighted by Crippen LogP contribution is -2.34. The standard InChI is InChI=1S/C20H20N6O4/c1-25(12-15-8-4-2-5-9-15)20-18(26(28)29)19(21-14-22-20)24-23-17(27)13-30-16-10-6-3-7-11-16/h2-11,14H,12-13H2,1H3,(H,23,27)(H,21,22,24). The van der Waals surface area contributed by atoms with Gasteiger partial charge in [-0.15, -0.1) is 0 Å². The second-order valence-corrected chi connectivity index (χ2v) is 6.27. The van der Waals surface area contributed by atoms with Gasteiger partial charge in [0.2, 0.25) is 11.6 Å². The van der Waals surface area contributed by atoms with E-state index in [9.17, 15) is 14.9 Å². The van der Waals surface area contributed by atoms with Crippen molar-refractivity contribution in [2.24, 2.45) is 0 Å². The summed E-state index contributed by atoms with van der Waals surface area (Å²) in [6, 6.07) is 18.3. The molecule has 1 aromatic heterocycles. The molecule has 0 bridgehead atoms. The molecule has 154 valence electrons. The van der Waals surface area contributed by atoms with Crippen molar-refractivity contribution in [1.82, 2.24) is 15.4 Å². The van der Waals surface area contributed by atoms with Crippen molar-refractivity contribution in [1.29, 1.82) is 0 Å². The van der Waals surface area contributed by atoms with Crippen LogP contribution in [0.3, 0.4) is 0 Å². The quantitative estimate of drug-likeness (QED) is 0.409. The first-order valence-electron chi connectivity index (χ1n) is 9.01. The molecule has 0 unspecified atom stereocenters. The zero-order valence-electron chi connectivity index (χ0n) is 16.2. The fourth-order valence-corrected chi connectivity index (χ4v) is 2.67. The van der Waals surface area contributed by atoms with Gasteiger partial charge >= 0.3 is 5.69 Å². The molecule has 10 nitrogen and oxygen atoms in total. The lowest BCUT2D eigenvalue weighted by molar-refractivity contribution is -0.383. The number of carbonyl (C=O) groups is 1. The van der Waals surface area contributed by atoms with E-state index in [0.29, 0.717) is 12.3 Å². The maximum atomic E-state index is 12.0. The minimum absolute atomic E-state index is 0.121. The van der Waals surface area contributed by atoms with Gasteiger partial charge in [0.15, 0.2) is 6.61 Å². The normalized spacial score (nSPS) is 10.2. The number of benzene rings is 2. The summed E-state index contributed by atoms with van der Waals surface area (Å²) in [5, 5.41) is 11.7.